The summed E-state index contributed by atoms with van der Waals surface area (Å²) < 4.78 is 10.3. The van der Waals surface area contributed by atoms with Gasteiger partial charge in [-0.05, 0) is 60.4 Å². The highest BCUT2D eigenvalue weighted by atomic mass is 16.5. The van der Waals surface area contributed by atoms with E-state index in [9.17, 15) is 9.59 Å². The fraction of sp³-hybridized carbons (Fsp3) is 0.333. The number of nitrogens with one attached hydrogen (secondary N) is 2. The number of rotatable bonds is 8. The molecule has 2 N–H and O–H groups in total. The van der Waals surface area contributed by atoms with Gasteiger partial charge in [-0.1, -0.05) is 19.9 Å². The summed E-state index contributed by atoms with van der Waals surface area (Å²) in [6.45, 7) is 6.24. The van der Waals surface area contributed by atoms with Crippen molar-refractivity contribution < 1.29 is 19.1 Å². The summed E-state index contributed by atoms with van der Waals surface area (Å²) in [5.41, 5.74) is 3.67. The molecule has 0 aliphatic carbocycles. The molecule has 0 heterocycles. The predicted octanol–water partition coefficient (Wildman–Crippen LogP) is 3.72. The fourth-order valence-corrected chi connectivity index (χ4v) is 2.70. The summed E-state index contributed by atoms with van der Waals surface area (Å²) in [5.74, 6) is 0.631. The average Bonchev–Trinajstić information content (AvgIpc) is 2.61. The molecule has 0 bridgehead atoms. The molecular formula is C21H26N2O4. The molecule has 6 nitrogen and oxygen atoms in total. The lowest BCUT2D eigenvalue weighted by Crippen LogP contribution is -2.20. The van der Waals surface area contributed by atoms with E-state index >= 15 is 0 Å². The number of anilines is 2. The van der Waals surface area contributed by atoms with Gasteiger partial charge in [-0.2, -0.15) is 0 Å². The standard InChI is InChI=1S/C21H26N2O4/c1-14(2)19-10-9-18(11-15(19)3)27-13-21(25)23-17-7-5-16(6-8-17)22-20(24)12-26-4/h5-11,14H,12-13H2,1-4H3,(H,22,24)(H,23,25). The zero-order chi connectivity index (χ0) is 19.8. The molecule has 0 radical (unpaired) electrons. The maximum atomic E-state index is 12.1. The monoisotopic (exact) mass is 370 g/mol. The molecule has 6 heteroatoms. The molecule has 0 fully saturated rings. The van der Waals surface area contributed by atoms with Crippen LogP contribution in [0.2, 0.25) is 0 Å². The van der Waals surface area contributed by atoms with Crippen molar-refractivity contribution in [3.63, 3.8) is 0 Å². The van der Waals surface area contributed by atoms with Crippen LogP contribution < -0.4 is 15.4 Å². The number of carbonyl (C=O) groups excluding carboxylic acids is 2. The van der Waals surface area contributed by atoms with Gasteiger partial charge in [-0.15, -0.1) is 0 Å². The quantitative estimate of drug-likeness (QED) is 0.742. The third-order valence-corrected chi connectivity index (χ3v) is 3.96. The van der Waals surface area contributed by atoms with Gasteiger partial charge in [-0.25, -0.2) is 0 Å². The summed E-state index contributed by atoms with van der Waals surface area (Å²) in [4.78, 5) is 23.5. The number of benzene rings is 2. The van der Waals surface area contributed by atoms with Crippen molar-refractivity contribution in [2.24, 2.45) is 0 Å². The number of amides is 2. The molecule has 2 aromatic carbocycles. The van der Waals surface area contributed by atoms with E-state index in [0.29, 0.717) is 23.0 Å². The predicted molar refractivity (Wildman–Crippen MR) is 106 cm³/mol. The second-order valence-corrected chi connectivity index (χ2v) is 6.57. The van der Waals surface area contributed by atoms with Crippen LogP contribution in [-0.2, 0) is 14.3 Å². The van der Waals surface area contributed by atoms with Gasteiger partial charge in [0.15, 0.2) is 6.61 Å². The van der Waals surface area contributed by atoms with Crippen LogP contribution in [0.1, 0.15) is 30.9 Å². The van der Waals surface area contributed by atoms with E-state index in [1.54, 1.807) is 24.3 Å². The largest absolute Gasteiger partial charge is 0.484 e. The molecule has 0 atom stereocenters. The van der Waals surface area contributed by atoms with Crippen molar-refractivity contribution in [3.8, 4) is 5.75 Å². The van der Waals surface area contributed by atoms with E-state index in [-0.39, 0.29) is 25.0 Å². The Bertz CT molecular complexity index is 785. The number of carbonyl (C=O) groups is 2. The van der Waals surface area contributed by atoms with Crippen molar-refractivity contribution in [2.75, 3.05) is 31.0 Å². The first kappa shape index (κ1) is 20.5. The fourth-order valence-electron chi connectivity index (χ4n) is 2.70. The number of hydrogen-bond acceptors (Lipinski definition) is 4. The zero-order valence-electron chi connectivity index (χ0n) is 16.2. The smallest absolute Gasteiger partial charge is 0.262 e. The molecular weight excluding hydrogens is 344 g/mol. The third kappa shape index (κ3) is 6.42. The number of methoxy groups -OCH3 is 1. The van der Waals surface area contributed by atoms with Crippen molar-refractivity contribution in [3.05, 3.63) is 53.6 Å². The van der Waals surface area contributed by atoms with Crippen LogP contribution in [0.15, 0.2) is 42.5 Å². The summed E-state index contributed by atoms with van der Waals surface area (Å²) in [6.07, 6.45) is 0. The van der Waals surface area contributed by atoms with Gasteiger partial charge >= 0.3 is 0 Å². The molecule has 0 unspecified atom stereocenters. The highest BCUT2D eigenvalue weighted by Gasteiger charge is 2.08. The van der Waals surface area contributed by atoms with E-state index in [0.717, 1.165) is 5.56 Å². The molecule has 2 aromatic rings. The maximum Gasteiger partial charge on any atom is 0.262 e. The first-order valence-electron chi connectivity index (χ1n) is 8.81. The number of aryl methyl sites for hydroxylation is 1. The van der Waals surface area contributed by atoms with Gasteiger partial charge < -0.3 is 20.1 Å². The van der Waals surface area contributed by atoms with Gasteiger partial charge in [0.25, 0.3) is 5.91 Å². The van der Waals surface area contributed by atoms with Crippen LogP contribution >= 0.6 is 0 Å². The normalized spacial score (nSPS) is 10.6. The van der Waals surface area contributed by atoms with Crippen LogP contribution in [0.4, 0.5) is 11.4 Å². The van der Waals surface area contributed by atoms with Crippen molar-refractivity contribution in [2.45, 2.75) is 26.7 Å². The Morgan fingerprint density at radius 3 is 1.96 bits per heavy atom. The molecule has 27 heavy (non-hydrogen) atoms. The van der Waals surface area contributed by atoms with Gasteiger partial charge in [0.1, 0.15) is 12.4 Å². The van der Waals surface area contributed by atoms with Gasteiger partial charge in [-0.3, -0.25) is 9.59 Å². The molecule has 0 saturated carbocycles. The van der Waals surface area contributed by atoms with Crippen LogP contribution in [-0.4, -0.2) is 32.1 Å². The Morgan fingerprint density at radius 1 is 0.926 bits per heavy atom. The van der Waals surface area contributed by atoms with E-state index in [4.69, 9.17) is 9.47 Å². The van der Waals surface area contributed by atoms with Gasteiger partial charge in [0.2, 0.25) is 5.91 Å². The average molecular weight is 370 g/mol. The van der Waals surface area contributed by atoms with Crippen LogP contribution in [0, 0.1) is 6.92 Å². The lowest BCUT2D eigenvalue weighted by atomic mass is 9.98. The third-order valence-electron chi connectivity index (χ3n) is 3.96. The van der Waals surface area contributed by atoms with Crippen LogP contribution in [0.3, 0.4) is 0 Å². The molecule has 144 valence electrons. The summed E-state index contributed by atoms with van der Waals surface area (Å²) >= 11 is 0. The minimum atomic E-state index is -0.253. The second kappa shape index (κ2) is 9.73. The summed E-state index contributed by atoms with van der Waals surface area (Å²) in [5, 5.41) is 5.45. The van der Waals surface area contributed by atoms with Crippen LogP contribution in [0.25, 0.3) is 0 Å². The minimum absolute atomic E-state index is 0.00650. The Kier molecular flexibility index (Phi) is 7.37. The molecule has 0 aromatic heterocycles. The van der Waals surface area contributed by atoms with E-state index in [2.05, 4.69) is 24.5 Å². The Morgan fingerprint density at radius 2 is 1.48 bits per heavy atom. The van der Waals surface area contributed by atoms with E-state index < -0.39 is 0 Å². The molecule has 2 amide bonds. The molecule has 0 aliphatic heterocycles. The highest BCUT2D eigenvalue weighted by molar-refractivity contribution is 5.93. The first-order valence-corrected chi connectivity index (χ1v) is 8.81. The first-order chi connectivity index (χ1) is 12.9. The topological polar surface area (TPSA) is 76.7 Å². The van der Waals surface area contributed by atoms with E-state index in [1.165, 1.54) is 12.7 Å². The molecule has 2 rings (SSSR count). The lowest BCUT2D eigenvalue weighted by Gasteiger charge is -2.12. The molecule has 0 aliphatic rings. The highest BCUT2D eigenvalue weighted by Crippen LogP contribution is 2.23. The van der Waals surface area contributed by atoms with Crippen molar-refractivity contribution in [1.82, 2.24) is 0 Å². The van der Waals surface area contributed by atoms with E-state index in [1.807, 2.05) is 25.1 Å². The number of ether oxygens (including phenoxy) is 2. The zero-order valence-corrected chi connectivity index (χ0v) is 16.2. The van der Waals surface area contributed by atoms with Crippen LogP contribution in [0.5, 0.6) is 5.75 Å². The SMILES string of the molecule is COCC(=O)Nc1ccc(NC(=O)COc2ccc(C(C)C)c(C)c2)cc1. The van der Waals surface area contributed by atoms with Gasteiger partial charge in [0.05, 0.1) is 0 Å². The second-order valence-electron chi connectivity index (χ2n) is 6.57. The number of hydrogen-bond donors (Lipinski definition) is 2. The van der Waals surface area contributed by atoms with Crippen molar-refractivity contribution >= 4 is 23.2 Å². The maximum absolute atomic E-state index is 12.1. The molecule has 0 spiro atoms. The summed E-state index contributed by atoms with van der Waals surface area (Å²) in [7, 11) is 1.46. The van der Waals surface area contributed by atoms with Crippen molar-refractivity contribution in [1.29, 1.82) is 0 Å². The minimum Gasteiger partial charge on any atom is -0.484 e. The Labute approximate surface area is 159 Å². The van der Waals surface area contributed by atoms with Gasteiger partial charge in [0, 0.05) is 18.5 Å². The Balaban J connectivity index is 1.85. The lowest BCUT2D eigenvalue weighted by molar-refractivity contribution is -0.120. The Hall–Kier alpha value is -2.86. The summed E-state index contributed by atoms with van der Waals surface area (Å²) in [6, 6.07) is 12.7. The molecule has 0 saturated heterocycles.